The zero-order valence-corrected chi connectivity index (χ0v) is 10.1. The van der Waals surface area contributed by atoms with Crippen molar-refractivity contribution in [1.82, 2.24) is 9.80 Å². The van der Waals surface area contributed by atoms with Gasteiger partial charge in [-0.3, -0.25) is 14.6 Å². The van der Waals surface area contributed by atoms with Crippen molar-refractivity contribution in [3.63, 3.8) is 0 Å². The molecular formula is C11H15N4O2+. The number of amidine groups is 1. The Labute approximate surface area is 99.5 Å². The fourth-order valence-electron chi connectivity index (χ4n) is 1.92. The fourth-order valence-corrected chi connectivity index (χ4v) is 1.92. The molecule has 0 spiro atoms. The van der Waals surface area contributed by atoms with E-state index in [0.29, 0.717) is 12.4 Å². The van der Waals surface area contributed by atoms with Crippen LogP contribution in [0.25, 0.3) is 0 Å². The van der Waals surface area contributed by atoms with Gasteiger partial charge in [0.15, 0.2) is 0 Å². The number of urea groups is 1. The lowest BCUT2D eigenvalue weighted by Crippen LogP contribution is -2.62. The van der Waals surface area contributed by atoms with Crippen LogP contribution in [0.3, 0.4) is 0 Å². The van der Waals surface area contributed by atoms with Crippen LogP contribution in [0, 0.1) is 0 Å². The van der Waals surface area contributed by atoms with Crippen molar-refractivity contribution >= 4 is 24.1 Å². The van der Waals surface area contributed by atoms with Gasteiger partial charge < -0.3 is 0 Å². The molecule has 0 saturated carbocycles. The van der Waals surface area contributed by atoms with Gasteiger partial charge in [-0.2, -0.15) is 0 Å². The highest BCUT2D eigenvalue weighted by atomic mass is 16.2. The molecule has 1 unspecified atom stereocenters. The van der Waals surface area contributed by atoms with Crippen molar-refractivity contribution in [3.05, 3.63) is 12.2 Å². The summed E-state index contributed by atoms with van der Waals surface area (Å²) in [6.45, 7) is 2.15. The van der Waals surface area contributed by atoms with Crippen molar-refractivity contribution in [2.45, 2.75) is 13.0 Å². The third-order valence-electron chi connectivity index (χ3n) is 2.91. The molecule has 1 fully saturated rings. The largest absolute Gasteiger partial charge is 0.334 e. The SMILES string of the molecule is C/C=C/CN1C(=O)C2C(=NC=[N+]2C)N(C)C1=O. The van der Waals surface area contributed by atoms with Crippen molar-refractivity contribution in [2.24, 2.45) is 4.99 Å². The van der Waals surface area contributed by atoms with Gasteiger partial charge in [0.1, 0.15) is 0 Å². The summed E-state index contributed by atoms with van der Waals surface area (Å²) >= 11 is 0. The third-order valence-corrected chi connectivity index (χ3v) is 2.91. The molecule has 0 aromatic heterocycles. The molecule has 17 heavy (non-hydrogen) atoms. The molecule has 2 aliphatic heterocycles. The number of hydrogen-bond donors (Lipinski definition) is 0. The Kier molecular flexibility index (Phi) is 2.79. The van der Waals surface area contributed by atoms with Gasteiger partial charge in [-0.1, -0.05) is 12.2 Å². The average molecular weight is 235 g/mol. The Morgan fingerprint density at radius 2 is 2.24 bits per heavy atom. The standard InChI is InChI=1S/C11H15N4O2/c1-4-5-6-15-10(16)8-9(12-7-13(8)2)14(3)11(15)17/h4-5,7-8H,6H2,1-3H3/q+1/b5-4+. The third kappa shape index (κ3) is 1.65. The highest BCUT2D eigenvalue weighted by Gasteiger charge is 2.50. The number of carbonyl (C=O) groups is 2. The Hall–Kier alpha value is -1.98. The van der Waals surface area contributed by atoms with Crippen LogP contribution in [0.4, 0.5) is 4.79 Å². The summed E-state index contributed by atoms with van der Waals surface area (Å²) in [5.74, 6) is 0.278. The van der Waals surface area contributed by atoms with E-state index in [1.165, 1.54) is 9.80 Å². The molecule has 3 amide bonds. The molecule has 2 heterocycles. The average Bonchev–Trinajstić information content (AvgIpc) is 2.69. The molecule has 1 saturated heterocycles. The van der Waals surface area contributed by atoms with Gasteiger partial charge in [0.2, 0.25) is 0 Å². The van der Waals surface area contributed by atoms with E-state index in [0.717, 1.165) is 0 Å². The zero-order chi connectivity index (χ0) is 12.6. The molecule has 0 radical (unpaired) electrons. The summed E-state index contributed by atoms with van der Waals surface area (Å²) in [5.41, 5.74) is 0. The summed E-state index contributed by atoms with van der Waals surface area (Å²) in [5, 5.41) is 0. The first-order valence-electron chi connectivity index (χ1n) is 5.41. The molecule has 0 aliphatic carbocycles. The number of amides is 3. The van der Waals surface area contributed by atoms with E-state index in [2.05, 4.69) is 4.99 Å². The quantitative estimate of drug-likeness (QED) is 0.496. The number of rotatable bonds is 2. The molecule has 2 rings (SSSR count). The molecular weight excluding hydrogens is 220 g/mol. The molecule has 1 atom stereocenters. The first-order valence-corrected chi connectivity index (χ1v) is 5.41. The Bertz CT molecular complexity index is 464. The highest BCUT2D eigenvalue weighted by Crippen LogP contribution is 2.16. The number of nitrogens with zero attached hydrogens (tertiary/aromatic N) is 4. The van der Waals surface area contributed by atoms with E-state index in [1.54, 1.807) is 31.1 Å². The van der Waals surface area contributed by atoms with Gasteiger partial charge in [-0.25, -0.2) is 9.37 Å². The number of allylic oxidation sites excluding steroid dienone is 1. The van der Waals surface area contributed by atoms with Crippen LogP contribution in [0.5, 0.6) is 0 Å². The Balaban J connectivity index is 2.32. The zero-order valence-electron chi connectivity index (χ0n) is 10.1. The van der Waals surface area contributed by atoms with Crippen molar-refractivity contribution in [3.8, 4) is 0 Å². The van der Waals surface area contributed by atoms with E-state index < -0.39 is 6.04 Å². The number of aliphatic imine (C=N–C) groups is 1. The lowest BCUT2D eigenvalue weighted by atomic mass is 10.1. The molecule has 0 aromatic rings. The van der Waals surface area contributed by atoms with Gasteiger partial charge >= 0.3 is 6.03 Å². The van der Waals surface area contributed by atoms with E-state index in [-0.39, 0.29) is 11.9 Å². The second-order valence-electron chi connectivity index (χ2n) is 4.03. The van der Waals surface area contributed by atoms with E-state index >= 15 is 0 Å². The first kappa shape index (κ1) is 11.5. The van der Waals surface area contributed by atoms with Crippen LogP contribution >= 0.6 is 0 Å². The van der Waals surface area contributed by atoms with Crippen molar-refractivity contribution in [1.29, 1.82) is 0 Å². The maximum absolute atomic E-state index is 12.2. The summed E-state index contributed by atoms with van der Waals surface area (Å²) in [7, 11) is 3.41. The van der Waals surface area contributed by atoms with Crippen LogP contribution < -0.4 is 0 Å². The van der Waals surface area contributed by atoms with Crippen LogP contribution in [0.2, 0.25) is 0 Å². The van der Waals surface area contributed by atoms with Crippen LogP contribution in [0.15, 0.2) is 17.1 Å². The van der Waals surface area contributed by atoms with Gasteiger partial charge in [0, 0.05) is 13.6 Å². The van der Waals surface area contributed by atoms with Crippen molar-refractivity contribution < 1.29 is 14.2 Å². The number of imide groups is 1. The second-order valence-corrected chi connectivity index (χ2v) is 4.03. The maximum atomic E-state index is 12.2. The minimum Gasteiger partial charge on any atom is -0.269 e. The summed E-state index contributed by atoms with van der Waals surface area (Å²) in [6, 6.07) is -0.797. The minimum absolute atomic E-state index is 0.221. The van der Waals surface area contributed by atoms with E-state index in [9.17, 15) is 9.59 Å². The van der Waals surface area contributed by atoms with Gasteiger partial charge in [0.05, 0.1) is 7.05 Å². The van der Waals surface area contributed by atoms with Crippen molar-refractivity contribution in [2.75, 3.05) is 20.6 Å². The lowest BCUT2D eigenvalue weighted by molar-refractivity contribution is -0.500. The molecule has 0 N–H and O–H groups in total. The number of carbonyl (C=O) groups excluding carboxylic acids is 2. The molecule has 0 bridgehead atoms. The van der Waals surface area contributed by atoms with Crippen LogP contribution in [0.1, 0.15) is 6.92 Å². The predicted molar refractivity (Wildman–Crippen MR) is 63.2 cm³/mol. The van der Waals surface area contributed by atoms with E-state index in [1.807, 2.05) is 13.0 Å². The summed E-state index contributed by atoms with van der Waals surface area (Å²) in [6.07, 6.45) is 5.17. The minimum atomic E-state index is -0.469. The Morgan fingerprint density at radius 1 is 1.53 bits per heavy atom. The Morgan fingerprint density at radius 3 is 2.88 bits per heavy atom. The fraction of sp³-hybridized carbons (Fsp3) is 0.455. The normalized spacial score (nSPS) is 24.3. The monoisotopic (exact) mass is 235 g/mol. The number of hydrogen-bond acceptors (Lipinski definition) is 3. The first-order chi connectivity index (χ1) is 8.07. The molecule has 2 aliphatic rings. The summed E-state index contributed by atoms with van der Waals surface area (Å²) < 4.78 is 1.71. The van der Waals surface area contributed by atoms with Gasteiger partial charge in [0.25, 0.3) is 24.1 Å². The topological polar surface area (TPSA) is 56.0 Å². The van der Waals surface area contributed by atoms with Gasteiger partial charge in [-0.05, 0) is 11.9 Å². The molecule has 6 heteroatoms. The second kappa shape index (κ2) is 4.12. The lowest BCUT2D eigenvalue weighted by Gasteiger charge is -2.32. The molecule has 0 aromatic carbocycles. The van der Waals surface area contributed by atoms with E-state index in [4.69, 9.17) is 0 Å². The predicted octanol–water partition coefficient (Wildman–Crippen LogP) is -0.0922. The smallest absolute Gasteiger partial charge is 0.269 e. The van der Waals surface area contributed by atoms with Crippen LogP contribution in [-0.4, -0.2) is 65.2 Å². The molecule has 6 nitrogen and oxygen atoms in total. The number of fused-ring (bicyclic) bond motifs is 1. The number of likely N-dealkylation sites (N-methyl/N-ethyl adjacent to an activating group) is 2. The summed E-state index contributed by atoms with van der Waals surface area (Å²) in [4.78, 5) is 30.9. The van der Waals surface area contributed by atoms with Crippen LogP contribution in [-0.2, 0) is 4.79 Å². The van der Waals surface area contributed by atoms with Gasteiger partial charge in [-0.15, -0.1) is 0 Å². The highest BCUT2D eigenvalue weighted by molar-refractivity contribution is 6.21. The molecule has 90 valence electrons. The maximum Gasteiger partial charge on any atom is 0.334 e.